The first-order chi connectivity index (χ1) is 6.43. The lowest BCUT2D eigenvalue weighted by molar-refractivity contribution is 0.00626. The van der Waals surface area contributed by atoms with Crippen LogP contribution in [0.25, 0.3) is 0 Å². The summed E-state index contributed by atoms with van der Waals surface area (Å²) < 4.78 is 30.3. The Morgan fingerprint density at radius 3 is 2.64 bits per heavy atom. The topological polar surface area (TPSA) is 77.0 Å². The van der Waals surface area contributed by atoms with Crippen molar-refractivity contribution in [3.8, 4) is 0 Å². The van der Waals surface area contributed by atoms with Crippen LogP contribution in [0.4, 0.5) is 14.8 Å². The van der Waals surface area contributed by atoms with Crippen molar-refractivity contribution in [3.63, 3.8) is 0 Å². The third-order valence-corrected chi connectivity index (χ3v) is 1.74. The van der Waals surface area contributed by atoms with Crippen molar-refractivity contribution in [1.29, 1.82) is 0 Å². The Balaban J connectivity index is 2.60. The fraction of sp³-hybridized carbons (Fsp3) is 0.714. The van der Waals surface area contributed by atoms with Crippen molar-refractivity contribution in [2.75, 3.05) is 5.32 Å². The lowest BCUT2D eigenvalue weighted by atomic mass is 10.2. The van der Waals surface area contributed by atoms with Crippen LogP contribution < -0.4 is 11.1 Å². The number of nitrogens with zero attached hydrogens (tertiary/aromatic N) is 2. The highest BCUT2D eigenvalue weighted by atomic mass is 19.3. The maximum absolute atomic E-state index is 12.7. The molecule has 0 aliphatic rings. The van der Waals surface area contributed by atoms with E-state index in [1.807, 2.05) is 0 Å². The number of rotatable bonds is 4. The summed E-state index contributed by atoms with van der Waals surface area (Å²) in [7, 11) is 0. The summed E-state index contributed by atoms with van der Waals surface area (Å²) in [5, 5.41) is 9.41. The van der Waals surface area contributed by atoms with Crippen molar-refractivity contribution in [2.24, 2.45) is 5.73 Å². The number of halogens is 2. The van der Waals surface area contributed by atoms with Gasteiger partial charge in [-0.1, -0.05) is 5.10 Å². The van der Waals surface area contributed by atoms with E-state index in [9.17, 15) is 8.78 Å². The molecule has 0 amide bonds. The van der Waals surface area contributed by atoms with Crippen LogP contribution in [0.1, 0.15) is 19.7 Å². The predicted octanol–water partition coefficient (Wildman–Crippen LogP) is 0.984. The van der Waals surface area contributed by atoms with Gasteiger partial charge < -0.3 is 15.5 Å². The maximum Gasteiger partial charge on any atom is 0.315 e. The molecule has 0 radical (unpaired) electrons. The van der Waals surface area contributed by atoms with Crippen LogP contribution in [0.15, 0.2) is 4.42 Å². The molecule has 1 rings (SSSR count). The molecule has 1 atom stereocenters. The van der Waals surface area contributed by atoms with Gasteiger partial charge in [-0.25, -0.2) is 8.78 Å². The van der Waals surface area contributed by atoms with Crippen LogP contribution >= 0.6 is 0 Å². The quantitative estimate of drug-likeness (QED) is 0.768. The Labute approximate surface area is 79.7 Å². The molecule has 14 heavy (non-hydrogen) atoms. The van der Waals surface area contributed by atoms with Gasteiger partial charge in [-0.15, -0.1) is 5.10 Å². The summed E-state index contributed by atoms with van der Waals surface area (Å²) in [5.74, 6) is -2.64. The van der Waals surface area contributed by atoms with Gasteiger partial charge in [-0.2, -0.15) is 0 Å². The molecular formula is C7H12F2N4O. The van der Waals surface area contributed by atoms with Gasteiger partial charge >= 0.3 is 6.01 Å². The lowest BCUT2D eigenvalue weighted by Crippen LogP contribution is -2.34. The molecule has 1 aromatic heterocycles. The van der Waals surface area contributed by atoms with Gasteiger partial charge in [0.25, 0.3) is 5.92 Å². The molecule has 1 aromatic rings. The molecule has 80 valence electrons. The molecule has 0 saturated carbocycles. The average Bonchev–Trinajstić information content (AvgIpc) is 2.50. The number of hydrogen-bond donors (Lipinski definition) is 2. The molecule has 0 fully saturated rings. The van der Waals surface area contributed by atoms with Crippen LogP contribution in [0, 0.1) is 0 Å². The monoisotopic (exact) mass is 206 g/mol. The van der Waals surface area contributed by atoms with E-state index in [0.717, 1.165) is 6.92 Å². The van der Waals surface area contributed by atoms with E-state index >= 15 is 0 Å². The third-order valence-electron chi connectivity index (χ3n) is 1.74. The number of nitrogens with one attached hydrogen (secondary N) is 1. The van der Waals surface area contributed by atoms with Gasteiger partial charge in [0.05, 0.1) is 12.6 Å². The largest absolute Gasteiger partial charge is 0.407 e. The van der Waals surface area contributed by atoms with Crippen LogP contribution in [0.2, 0.25) is 0 Å². The van der Waals surface area contributed by atoms with Crippen molar-refractivity contribution >= 4 is 6.01 Å². The van der Waals surface area contributed by atoms with E-state index in [1.54, 1.807) is 0 Å². The minimum absolute atomic E-state index is 0.0422. The van der Waals surface area contributed by atoms with Crippen LogP contribution in [0.3, 0.4) is 0 Å². The molecule has 5 nitrogen and oxygen atoms in total. The molecule has 1 unspecified atom stereocenters. The Morgan fingerprint density at radius 1 is 1.57 bits per heavy atom. The molecule has 3 N–H and O–H groups in total. The van der Waals surface area contributed by atoms with E-state index in [4.69, 9.17) is 10.2 Å². The van der Waals surface area contributed by atoms with Crippen LogP contribution in [0.5, 0.6) is 0 Å². The number of hydrogen-bond acceptors (Lipinski definition) is 5. The van der Waals surface area contributed by atoms with Crippen LogP contribution in [-0.4, -0.2) is 22.2 Å². The Bertz CT molecular complexity index is 296. The third kappa shape index (κ3) is 2.63. The molecule has 0 bridgehead atoms. The van der Waals surface area contributed by atoms with Crippen molar-refractivity contribution in [2.45, 2.75) is 32.4 Å². The lowest BCUT2D eigenvalue weighted by Gasteiger charge is -2.18. The highest BCUT2D eigenvalue weighted by molar-refractivity contribution is 5.20. The van der Waals surface area contributed by atoms with Gasteiger partial charge in [-0.3, -0.25) is 0 Å². The zero-order valence-corrected chi connectivity index (χ0v) is 7.92. The molecule has 0 aromatic carbocycles. The zero-order valence-electron chi connectivity index (χ0n) is 7.92. The van der Waals surface area contributed by atoms with E-state index < -0.39 is 12.0 Å². The molecular weight excluding hydrogens is 194 g/mol. The normalized spacial score (nSPS) is 14.1. The van der Waals surface area contributed by atoms with Gasteiger partial charge in [0.15, 0.2) is 0 Å². The summed E-state index contributed by atoms with van der Waals surface area (Å²) in [6, 6.07) is -1.12. The molecule has 0 saturated heterocycles. The molecule has 0 spiro atoms. The summed E-state index contributed by atoms with van der Waals surface area (Å²) >= 11 is 0. The van der Waals surface area contributed by atoms with E-state index in [0.29, 0.717) is 0 Å². The second-order valence-electron chi connectivity index (χ2n) is 3.03. The highest BCUT2D eigenvalue weighted by Crippen LogP contribution is 2.20. The molecule has 0 aliphatic carbocycles. The average molecular weight is 206 g/mol. The Hall–Kier alpha value is -1.24. The summed E-state index contributed by atoms with van der Waals surface area (Å²) in [6.45, 7) is 2.22. The Kier molecular flexibility index (Phi) is 3.00. The number of aromatic nitrogens is 2. The zero-order chi connectivity index (χ0) is 10.8. The molecule has 0 aliphatic heterocycles. The van der Waals surface area contributed by atoms with E-state index in [-0.39, 0.29) is 18.5 Å². The van der Waals surface area contributed by atoms with E-state index in [2.05, 4.69) is 15.5 Å². The second-order valence-corrected chi connectivity index (χ2v) is 3.03. The smallest absolute Gasteiger partial charge is 0.315 e. The first-order valence-corrected chi connectivity index (χ1v) is 4.10. The summed E-state index contributed by atoms with van der Waals surface area (Å²) in [5.41, 5.74) is 5.21. The first-order valence-electron chi connectivity index (χ1n) is 4.10. The molecule has 7 heteroatoms. The maximum atomic E-state index is 12.7. The van der Waals surface area contributed by atoms with Crippen molar-refractivity contribution in [1.82, 2.24) is 10.2 Å². The predicted molar refractivity (Wildman–Crippen MR) is 45.9 cm³/mol. The summed E-state index contributed by atoms with van der Waals surface area (Å²) in [4.78, 5) is 0. The van der Waals surface area contributed by atoms with Gasteiger partial charge in [0.2, 0.25) is 5.89 Å². The van der Waals surface area contributed by atoms with E-state index in [1.165, 1.54) is 6.92 Å². The van der Waals surface area contributed by atoms with Crippen molar-refractivity contribution in [3.05, 3.63) is 5.89 Å². The van der Waals surface area contributed by atoms with Crippen molar-refractivity contribution < 1.29 is 13.2 Å². The SMILES string of the molecule is CC(Nc1nnc(CN)o1)C(C)(F)F. The minimum Gasteiger partial charge on any atom is -0.407 e. The van der Waals surface area contributed by atoms with Crippen LogP contribution in [-0.2, 0) is 6.54 Å². The highest BCUT2D eigenvalue weighted by Gasteiger charge is 2.31. The first kappa shape index (κ1) is 10.8. The second kappa shape index (κ2) is 3.87. The fourth-order valence-electron chi connectivity index (χ4n) is 0.706. The standard InChI is InChI=1S/C7H12F2N4O/c1-4(7(2,8)9)11-6-13-12-5(3-10)14-6/h4H,3,10H2,1-2H3,(H,11,13). The number of nitrogens with two attached hydrogens (primary N) is 1. The van der Waals surface area contributed by atoms with Gasteiger partial charge in [0.1, 0.15) is 0 Å². The van der Waals surface area contributed by atoms with Gasteiger partial charge in [0, 0.05) is 6.92 Å². The number of alkyl halides is 2. The summed E-state index contributed by atoms with van der Waals surface area (Å²) in [6.07, 6.45) is 0. The fourth-order valence-corrected chi connectivity index (χ4v) is 0.706. The minimum atomic E-state index is -2.85. The van der Waals surface area contributed by atoms with Gasteiger partial charge in [-0.05, 0) is 6.92 Å². The number of anilines is 1. The molecule has 1 heterocycles. The Morgan fingerprint density at radius 2 is 2.21 bits per heavy atom.